The van der Waals surface area contributed by atoms with Gasteiger partial charge in [0, 0.05) is 23.7 Å². The molecule has 2 aromatic heterocycles. The van der Waals surface area contributed by atoms with Crippen molar-refractivity contribution in [3.05, 3.63) is 77.6 Å². The number of rotatable bonds is 9. The van der Waals surface area contributed by atoms with Crippen molar-refractivity contribution in [2.24, 2.45) is 0 Å². The number of carbonyl (C=O) groups excluding carboxylic acids is 1. The van der Waals surface area contributed by atoms with Crippen LogP contribution in [0.2, 0.25) is 0 Å². The summed E-state index contributed by atoms with van der Waals surface area (Å²) in [7, 11) is 1.65. The molecule has 0 bridgehead atoms. The molecule has 0 fully saturated rings. The molecule has 0 saturated heterocycles. The number of nitrogens with zero attached hydrogens (tertiary/aromatic N) is 3. The molecule has 0 spiro atoms. The Hall–Kier alpha value is -2.90. The number of carbonyl (C=O) groups is 1. The van der Waals surface area contributed by atoms with E-state index in [0.29, 0.717) is 18.1 Å². The van der Waals surface area contributed by atoms with E-state index in [9.17, 15) is 4.79 Å². The average molecular weight is 478 g/mol. The SMILES string of the molecule is COc1ccc(C)c2sc(N(Cc3ccncc3)C(=O)CCCSc3ccc(C)cc3)nc12. The number of amides is 1. The van der Waals surface area contributed by atoms with Gasteiger partial charge in [-0.1, -0.05) is 35.1 Å². The molecule has 170 valence electrons. The molecular weight excluding hydrogens is 450 g/mol. The topological polar surface area (TPSA) is 55.3 Å². The lowest BCUT2D eigenvalue weighted by Crippen LogP contribution is -2.30. The summed E-state index contributed by atoms with van der Waals surface area (Å²) in [4.78, 5) is 25.3. The monoisotopic (exact) mass is 477 g/mol. The zero-order valence-electron chi connectivity index (χ0n) is 19.1. The fraction of sp³-hybridized carbons (Fsp3) is 0.269. The zero-order valence-corrected chi connectivity index (χ0v) is 20.7. The van der Waals surface area contributed by atoms with E-state index in [1.54, 1.807) is 36.2 Å². The number of ether oxygens (including phenoxy) is 1. The Morgan fingerprint density at radius 2 is 1.82 bits per heavy atom. The van der Waals surface area contributed by atoms with Gasteiger partial charge >= 0.3 is 0 Å². The number of aryl methyl sites for hydroxylation is 2. The van der Waals surface area contributed by atoms with Crippen molar-refractivity contribution in [3.63, 3.8) is 0 Å². The van der Waals surface area contributed by atoms with Crippen LogP contribution in [-0.2, 0) is 11.3 Å². The van der Waals surface area contributed by atoms with Crippen LogP contribution in [0.3, 0.4) is 0 Å². The van der Waals surface area contributed by atoms with Gasteiger partial charge in [0.1, 0.15) is 11.3 Å². The Bertz CT molecular complexity index is 1220. The Morgan fingerprint density at radius 1 is 1.06 bits per heavy atom. The van der Waals surface area contributed by atoms with Gasteiger partial charge in [-0.25, -0.2) is 4.98 Å². The fourth-order valence-electron chi connectivity index (χ4n) is 3.49. The smallest absolute Gasteiger partial charge is 0.229 e. The first-order chi connectivity index (χ1) is 16.0. The van der Waals surface area contributed by atoms with Crippen molar-refractivity contribution in [1.29, 1.82) is 0 Å². The Balaban J connectivity index is 1.52. The van der Waals surface area contributed by atoms with Crippen LogP contribution in [0.4, 0.5) is 5.13 Å². The van der Waals surface area contributed by atoms with Crippen LogP contribution >= 0.6 is 23.1 Å². The van der Waals surface area contributed by atoms with Gasteiger partial charge in [-0.2, -0.15) is 0 Å². The number of fused-ring (bicyclic) bond motifs is 1. The summed E-state index contributed by atoms with van der Waals surface area (Å²) in [5, 5.41) is 0.700. The third-order valence-corrected chi connectivity index (χ3v) is 7.67. The summed E-state index contributed by atoms with van der Waals surface area (Å²) in [6.07, 6.45) is 4.77. The van der Waals surface area contributed by atoms with E-state index in [0.717, 1.165) is 39.3 Å². The second-order valence-electron chi connectivity index (χ2n) is 7.86. The van der Waals surface area contributed by atoms with Crippen LogP contribution in [-0.4, -0.2) is 28.7 Å². The van der Waals surface area contributed by atoms with Gasteiger partial charge < -0.3 is 4.74 Å². The predicted octanol–water partition coefficient (Wildman–Crippen LogP) is 6.42. The van der Waals surface area contributed by atoms with E-state index in [4.69, 9.17) is 9.72 Å². The summed E-state index contributed by atoms with van der Waals surface area (Å²) in [5.41, 5.74) is 4.21. The normalized spacial score (nSPS) is 11.0. The quantitative estimate of drug-likeness (QED) is 0.206. The standard InChI is InChI=1S/C26H27N3O2S2/c1-18-6-9-21(10-7-18)32-16-4-5-23(30)29(17-20-12-14-27-15-13-20)26-28-24-22(31-3)11-8-19(2)25(24)33-26/h6-15H,4-5,16-17H2,1-3H3. The number of methoxy groups -OCH3 is 1. The molecule has 0 radical (unpaired) electrons. The summed E-state index contributed by atoms with van der Waals surface area (Å²) in [6.45, 7) is 4.61. The maximum atomic E-state index is 13.4. The molecule has 0 unspecified atom stereocenters. The Morgan fingerprint density at radius 3 is 2.55 bits per heavy atom. The van der Waals surface area contributed by atoms with Crippen molar-refractivity contribution in [2.75, 3.05) is 17.8 Å². The number of hydrogen-bond donors (Lipinski definition) is 0. The van der Waals surface area contributed by atoms with Crippen molar-refractivity contribution in [3.8, 4) is 5.75 Å². The van der Waals surface area contributed by atoms with Crippen molar-refractivity contribution < 1.29 is 9.53 Å². The molecule has 0 N–H and O–H groups in total. The molecule has 2 heterocycles. The lowest BCUT2D eigenvalue weighted by Gasteiger charge is -2.20. The number of thioether (sulfide) groups is 1. The van der Waals surface area contributed by atoms with Crippen molar-refractivity contribution in [2.45, 2.75) is 38.1 Å². The van der Waals surface area contributed by atoms with Gasteiger partial charge in [0.05, 0.1) is 18.4 Å². The molecule has 4 rings (SSSR count). The van der Waals surface area contributed by atoms with Gasteiger partial charge in [0.15, 0.2) is 5.13 Å². The summed E-state index contributed by atoms with van der Waals surface area (Å²) < 4.78 is 6.56. The van der Waals surface area contributed by atoms with Crippen molar-refractivity contribution >= 4 is 44.4 Å². The lowest BCUT2D eigenvalue weighted by atomic mass is 10.2. The molecule has 1 amide bonds. The van der Waals surface area contributed by atoms with Gasteiger partial charge in [-0.3, -0.25) is 14.7 Å². The molecule has 5 nitrogen and oxygen atoms in total. The minimum Gasteiger partial charge on any atom is -0.494 e. The molecule has 0 aliphatic carbocycles. The molecule has 0 saturated carbocycles. The Kier molecular flexibility index (Phi) is 7.62. The maximum Gasteiger partial charge on any atom is 0.229 e. The highest BCUT2D eigenvalue weighted by atomic mass is 32.2. The number of thiazole rings is 1. The summed E-state index contributed by atoms with van der Waals surface area (Å²) >= 11 is 3.32. The van der Waals surface area contributed by atoms with Crippen LogP contribution in [0.1, 0.15) is 29.5 Å². The van der Waals surface area contributed by atoms with Crippen molar-refractivity contribution in [1.82, 2.24) is 9.97 Å². The highest BCUT2D eigenvalue weighted by Gasteiger charge is 2.22. The van der Waals surface area contributed by atoms with Crippen LogP contribution in [0.25, 0.3) is 10.2 Å². The van der Waals surface area contributed by atoms with E-state index in [1.807, 2.05) is 24.3 Å². The van der Waals surface area contributed by atoms with E-state index < -0.39 is 0 Å². The molecule has 0 aliphatic heterocycles. The highest BCUT2D eigenvalue weighted by Crippen LogP contribution is 2.37. The Labute approximate surface area is 202 Å². The molecule has 2 aromatic carbocycles. The number of pyridine rings is 1. The second kappa shape index (κ2) is 10.8. The van der Waals surface area contributed by atoms with E-state index in [1.165, 1.54) is 21.8 Å². The molecule has 0 atom stereocenters. The predicted molar refractivity (Wildman–Crippen MR) is 137 cm³/mol. The number of hydrogen-bond acceptors (Lipinski definition) is 6. The van der Waals surface area contributed by atoms with Gasteiger partial charge in [0.25, 0.3) is 0 Å². The minimum atomic E-state index is 0.0759. The first-order valence-corrected chi connectivity index (χ1v) is 12.7. The third kappa shape index (κ3) is 5.72. The number of benzene rings is 2. The third-order valence-electron chi connectivity index (χ3n) is 5.36. The summed E-state index contributed by atoms with van der Waals surface area (Å²) in [6, 6.07) is 16.3. The number of anilines is 1. The van der Waals surface area contributed by atoms with Crippen LogP contribution in [0.5, 0.6) is 5.75 Å². The average Bonchev–Trinajstić information content (AvgIpc) is 3.28. The molecule has 33 heavy (non-hydrogen) atoms. The van der Waals surface area contributed by atoms with E-state index in [-0.39, 0.29) is 5.91 Å². The molecule has 7 heteroatoms. The van der Waals surface area contributed by atoms with Crippen LogP contribution in [0.15, 0.2) is 65.8 Å². The summed E-state index contributed by atoms with van der Waals surface area (Å²) in [5.74, 6) is 1.70. The first-order valence-electron chi connectivity index (χ1n) is 10.9. The van der Waals surface area contributed by atoms with Gasteiger partial charge in [0.2, 0.25) is 5.91 Å². The van der Waals surface area contributed by atoms with Gasteiger partial charge in [-0.15, -0.1) is 11.8 Å². The number of aromatic nitrogens is 2. The van der Waals surface area contributed by atoms with Gasteiger partial charge in [-0.05, 0) is 67.5 Å². The van der Waals surface area contributed by atoms with E-state index in [2.05, 4.69) is 43.1 Å². The van der Waals surface area contributed by atoms with Crippen LogP contribution < -0.4 is 9.64 Å². The second-order valence-corrected chi connectivity index (χ2v) is 10.0. The largest absolute Gasteiger partial charge is 0.494 e. The van der Waals surface area contributed by atoms with E-state index >= 15 is 0 Å². The molecule has 4 aromatic rings. The zero-order chi connectivity index (χ0) is 23.2. The minimum absolute atomic E-state index is 0.0759. The lowest BCUT2D eigenvalue weighted by molar-refractivity contribution is -0.118. The maximum absolute atomic E-state index is 13.4. The van der Waals surface area contributed by atoms with Crippen LogP contribution in [0, 0.1) is 13.8 Å². The molecular formula is C26H27N3O2S2. The fourth-order valence-corrected chi connectivity index (χ4v) is 5.42. The molecule has 0 aliphatic rings. The first kappa shape index (κ1) is 23.3. The highest BCUT2D eigenvalue weighted by molar-refractivity contribution is 7.99.